The number of β-amino-alcohol motifs (C(OH)–C–C–N with tert-alkyl or cyclic N) is 1. The first kappa shape index (κ1) is 11.4. The lowest BCUT2D eigenvalue weighted by molar-refractivity contribution is -0.387. The molecule has 5 nitrogen and oxygen atoms in total. The van der Waals surface area contributed by atoms with E-state index in [4.69, 9.17) is 0 Å². The van der Waals surface area contributed by atoms with Gasteiger partial charge in [-0.05, 0) is 6.07 Å². The molecule has 0 spiro atoms. The zero-order chi connectivity index (χ0) is 11.5. The Morgan fingerprint density at radius 1 is 1.44 bits per heavy atom. The van der Waals surface area contributed by atoms with Gasteiger partial charge in [0.25, 0.3) is 5.69 Å². The minimum absolute atomic E-state index is 0.0129. The van der Waals surface area contributed by atoms with Crippen molar-refractivity contribution in [2.24, 2.45) is 0 Å². The van der Waals surface area contributed by atoms with E-state index in [1.165, 1.54) is 17.8 Å². The van der Waals surface area contributed by atoms with Gasteiger partial charge < -0.3 is 10.4 Å². The quantitative estimate of drug-likeness (QED) is 0.609. The molecule has 1 aliphatic rings. The van der Waals surface area contributed by atoms with Crippen molar-refractivity contribution in [1.29, 1.82) is 0 Å². The summed E-state index contributed by atoms with van der Waals surface area (Å²) in [6.07, 6.45) is -0.440. The van der Waals surface area contributed by atoms with Crippen LogP contribution in [-0.2, 0) is 0 Å². The molecule has 1 aliphatic heterocycles. The number of para-hydroxylation sites is 1. The van der Waals surface area contributed by atoms with Gasteiger partial charge in [-0.25, -0.2) is 0 Å². The highest BCUT2D eigenvalue weighted by Crippen LogP contribution is 2.33. The third-order valence-electron chi connectivity index (χ3n) is 2.47. The number of nitrogens with one attached hydrogen (secondary N) is 1. The molecule has 2 N–H and O–H groups in total. The van der Waals surface area contributed by atoms with E-state index in [0.717, 1.165) is 0 Å². The van der Waals surface area contributed by atoms with Gasteiger partial charge in [-0.1, -0.05) is 12.1 Å². The maximum Gasteiger partial charge on any atom is 0.282 e. The molecule has 2 atom stereocenters. The van der Waals surface area contributed by atoms with Gasteiger partial charge in [0, 0.05) is 24.4 Å². The fraction of sp³-hybridized carbons (Fsp3) is 0.400. The summed E-state index contributed by atoms with van der Waals surface area (Å²) in [5, 5.41) is 23.5. The largest absolute Gasteiger partial charge is 0.391 e. The van der Waals surface area contributed by atoms with Crippen molar-refractivity contribution in [3.05, 3.63) is 34.4 Å². The second-order valence-corrected chi connectivity index (χ2v) is 4.89. The number of nitrogens with zero attached hydrogens (tertiary/aromatic N) is 1. The van der Waals surface area contributed by atoms with Gasteiger partial charge >= 0.3 is 0 Å². The Labute approximate surface area is 97.0 Å². The third-order valence-corrected chi connectivity index (χ3v) is 3.85. The zero-order valence-corrected chi connectivity index (χ0v) is 9.31. The summed E-state index contributed by atoms with van der Waals surface area (Å²) < 4.78 is 0. The van der Waals surface area contributed by atoms with E-state index < -0.39 is 11.0 Å². The number of benzene rings is 1. The first-order valence-corrected chi connectivity index (χ1v) is 5.85. The van der Waals surface area contributed by atoms with E-state index in [1.54, 1.807) is 18.2 Å². The van der Waals surface area contributed by atoms with Crippen LogP contribution >= 0.6 is 11.8 Å². The maximum atomic E-state index is 10.8. The van der Waals surface area contributed by atoms with E-state index in [-0.39, 0.29) is 10.9 Å². The van der Waals surface area contributed by atoms with E-state index in [0.29, 0.717) is 18.0 Å². The van der Waals surface area contributed by atoms with Gasteiger partial charge in [-0.3, -0.25) is 10.1 Å². The molecule has 1 saturated heterocycles. The Morgan fingerprint density at radius 3 is 2.81 bits per heavy atom. The van der Waals surface area contributed by atoms with Gasteiger partial charge in [0.15, 0.2) is 0 Å². The molecule has 0 amide bonds. The van der Waals surface area contributed by atoms with Crippen LogP contribution in [-0.4, -0.2) is 34.5 Å². The second-order valence-electron chi connectivity index (χ2n) is 3.61. The number of aliphatic hydroxyl groups excluding tert-OH is 1. The molecule has 0 aromatic heterocycles. The number of nitro benzene ring substituents is 1. The summed E-state index contributed by atoms with van der Waals surface area (Å²) in [5.41, 5.74) is 0.103. The molecule has 0 aliphatic carbocycles. The van der Waals surface area contributed by atoms with Crippen LogP contribution in [0.2, 0.25) is 0 Å². The molecule has 1 aromatic carbocycles. The molecular weight excluding hydrogens is 228 g/mol. The standard InChI is InChI=1S/C10H12N2O3S/c13-8-5-11-6-10(8)16-9-4-2-1-3-7(9)12(14)15/h1-4,8,10-11,13H,5-6H2. The smallest absolute Gasteiger partial charge is 0.282 e. The van der Waals surface area contributed by atoms with Crippen molar-refractivity contribution < 1.29 is 10.0 Å². The molecule has 1 heterocycles. The minimum atomic E-state index is -0.440. The summed E-state index contributed by atoms with van der Waals surface area (Å²) >= 11 is 1.36. The summed E-state index contributed by atoms with van der Waals surface area (Å²) in [4.78, 5) is 11.0. The number of aliphatic hydroxyl groups is 1. The van der Waals surface area contributed by atoms with Gasteiger partial charge in [0.2, 0.25) is 0 Å². The molecule has 1 fully saturated rings. The fourth-order valence-corrected chi connectivity index (χ4v) is 2.83. The van der Waals surface area contributed by atoms with Crippen LogP contribution in [0.3, 0.4) is 0 Å². The van der Waals surface area contributed by atoms with E-state index in [9.17, 15) is 15.2 Å². The lowest BCUT2D eigenvalue weighted by atomic mass is 10.3. The van der Waals surface area contributed by atoms with E-state index >= 15 is 0 Å². The topological polar surface area (TPSA) is 75.4 Å². The van der Waals surface area contributed by atoms with Crippen LogP contribution in [0.4, 0.5) is 5.69 Å². The van der Waals surface area contributed by atoms with Crippen molar-refractivity contribution in [3.8, 4) is 0 Å². The van der Waals surface area contributed by atoms with Crippen LogP contribution in [0.25, 0.3) is 0 Å². The monoisotopic (exact) mass is 240 g/mol. The first-order valence-electron chi connectivity index (χ1n) is 4.97. The van der Waals surface area contributed by atoms with Crippen molar-refractivity contribution in [3.63, 3.8) is 0 Å². The van der Waals surface area contributed by atoms with Crippen LogP contribution in [0.1, 0.15) is 0 Å². The number of hydrogen-bond donors (Lipinski definition) is 2. The summed E-state index contributed by atoms with van der Waals surface area (Å²) in [6, 6.07) is 6.61. The van der Waals surface area contributed by atoms with E-state index in [2.05, 4.69) is 5.32 Å². The van der Waals surface area contributed by atoms with Gasteiger partial charge in [-0.15, -0.1) is 11.8 Å². The molecule has 0 radical (unpaired) electrons. The minimum Gasteiger partial charge on any atom is -0.391 e. The van der Waals surface area contributed by atoms with E-state index in [1.807, 2.05) is 0 Å². The normalized spacial score (nSPS) is 24.6. The van der Waals surface area contributed by atoms with Crippen LogP contribution < -0.4 is 5.32 Å². The summed E-state index contributed by atoms with van der Waals surface area (Å²) in [6.45, 7) is 1.23. The Hall–Kier alpha value is -1.11. The van der Waals surface area contributed by atoms with Crippen LogP contribution in [0.5, 0.6) is 0 Å². The number of nitro groups is 1. The Balaban J connectivity index is 2.17. The molecule has 2 rings (SSSR count). The molecular formula is C10H12N2O3S. The van der Waals surface area contributed by atoms with Crippen LogP contribution in [0, 0.1) is 10.1 Å². The molecule has 0 saturated carbocycles. The fourth-order valence-electron chi connectivity index (χ4n) is 1.63. The number of hydrogen-bond acceptors (Lipinski definition) is 5. The predicted molar refractivity (Wildman–Crippen MR) is 61.6 cm³/mol. The van der Waals surface area contributed by atoms with Crippen molar-refractivity contribution >= 4 is 17.4 Å². The van der Waals surface area contributed by atoms with Gasteiger partial charge in [-0.2, -0.15) is 0 Å². The Kier molecular flexibility index (Phi) is 3.42. The average Bonchev–Trinajstić information content (AvgIpc) is 2.65. The SMILES string of the molecule is O=[N+]([O-])c1ccccc1SC1CNCC1O. The van der Waals surface area contributed by atoms with Crippen molar-refractivity contribution in [2.75, 3.05) is 13.1 Å². The highest BCUT2D eigenvalue weighted by molar-refractivity contribution is 8.00. The van der Waals surface area contributed by atoms with Crippen molar-refractivity contribution in [2.45, 2.75) is 16.2 Å². The Morgan fingerprint density at radius 2 is 2.19 bits per heavy atom. The van der Waals surface area contributed by atoms with Crippen LogP contribution in [0.15, 0.2) is 29.2 Å². The predicted octanol–water partition coefficient (Wildman–Crippen LogP) is 1.02. The number of thioether (sulfide) groups is 1. The molecule has 86 valence electrons. The molecule has 0 bridgehead atoms. The summed E-state index contributed by atoms with van der Waals surface area (Å²) in [5.74, 6) is 0. The second kappa shape index (κ2) is 4.82. The van der Waals surface area contributed by atoms with Crippen molar-refractivity contribution in [1.82, 2.24) is 5.32 Å². The molecule has 1 aromatic rings. The highest BCUT2D eigenvalue weighted by Gasteiger charge is 2.28. The molecule has 6 heteroatoms. The Bertz CT molecular complexity index is 399. The highest BCUT2D eigenvalue weighted by atomic mass is 32.2. The van der Waals surface area contributed by atoms with Gasteiger partial charge in [0.05, 0.1) is 15.9 Å². The maximum absolute atomic E-state index is 10.8. The van der Waals surface area contributed by atoms with Gasteiger partial charge in [0.1, 0.15) is 0 Å². The number of rotatable bonds is 3. The summed E-state index contributed by atoms with van der Waals surface area (Å²) in [7, 11) is 0. The zero-order valence-electron chi connectivity index (χ0n) is 8.50. The third kappa shape index (κ3) is 2.34. The first-order chi connectivity index (χ1) is 7.68. The average molecular weight is 240 g/mol. The lowest BCUT2D eigenvalue weighted by Gasteiger charge is -2.12. The molecule has 16 heavy (non-hydrogen) atoms. The lowest BCUT2D eigenvalue weighted by Crippen LogP contribution is -2.20. The molecule has 2 unspecified atom stereocenters.